The fraction of sp³-hybridized carbons (Fsp3) is 0.273. The number of aliphatic hydroxyl groups is 1. The first-order chi connectivity index (χ1) is 8.84. The molecule has 1 aliphatic heterocycles. The van der Waals surface area contributed by atoms with Gasteiger partial charge in [0.25, 0.3) is 11.4 Å². The number of hydrogen-bond acceptors (Lipinski definition) is 6. The van der Waals surface area contributed by atoms with Gasteiger partial charge in [-0.3, -0.25) is 10.1 Å². The Morgan fingerprint density at radius 3 is 2.53 bits per heavy atom. The Morgan fingerprint density at radius 1 is 1.47 bits per heavy atom. The van der Waals surface area contributed by atoms with Crippen LogP contribution in [0, 0.1) is 10.1 Å². The van der Waals surface area contributed by atoms with Gasteiger partial charge in [0, 0.05) is 24.3 Å². The van der Waals surface area contributed by atoms with Crippen LogP contribution in [0.5, 0.6) is 0 Å². The van der Waals surface area contributed by atoms with E-state index in [1.165, 1.54) is 24.3 Å². The lowest BCUT2D eigenvalue weighted by Gasteiger charge is -2.28. The number of non-ortho nitro benzene ring substituents is 1. The number of hydrogen-bond donors (Lipinski definition) is 2. The summed E-state index contributed by atoms with van der Waals surface area (Å²) in [6.07, 6.45) is -0.126. The fourth-order valence-electron chi connectivity index (χ4n) is 1.87. The SMILES string of the molecule is CC1=NN(c2ccc([N+](=O)[O-])cc2)C(O)(C(=O)O)C1. The number of nitro groups is 1. The van der Waals surface area contributed by atoms with Gasteiger partial charge >= 0.3 is 5.97 Å². The molecule has 1 aromatic carbocycles. The molecule has 0 radical (unpaired) electrons. The van der Waals surface area contributed by atoms with Gasteiger partial charge in [0.1, 0.15) is 0 Å². The van der Waals surface area contributed by atoms with Gasteiger partial charge in [-0.15, -0.1) is 0 Å². The van der Waals surface area contributed by atoms with E-state index in [0.29, 0.717) is 5.71 Å². The summed E-state index contributed by atoms with van der Waals surface area (Å²) in [6, 6.07) is 5.13. The zero-order valence-electron chi connectivity index (χ0n) is 9.98. The van der Waals surface area contributed by atoms with Crippen LogP contribution < -0.4 is 5.01 Å². The Kier molecular flexibility index (Phi) is 2.95. The highest BCUT2D eigenvalue weighted by Crippen LogP contribution is 2.32. The van der Waals surface area contributed by atoms with Crippen molar-refractivity contribution in [3.05, 3.63) is 34.4 Å². The van der Waals surface area contributed by atoms with Gasteiger partial charge in [-0.2, -0.15) is 5.10 Å². The molecule has 2 rings (SSSR count). The lowest BCUT2D eigenvalue weighted by Crippen LogP contribution is -2.50. The summed E-state index contributed by atoms with van der Waals surface area (Å²) in [7, 11) is 0. The van der Waals surface area contributed by atoms with Gasteiger partial charge < -0.3 is 10.2 Å². The molecule has 0 fully saturated rings. The molecule has 8 nitrogen and oxygen atoms in total. The summed E-state index contributed by atoms with van der Waals surface area (Å²) >= 11 is 0. The molecule has 19 heavy (non-hydrogen) atoms. The summed E-state index contributed by atoms with van der Waals surface area (Å²) in [4.78, 5) is 21.1. The van der Waals surface area contributed by atoms with Crippen molar-refractivity contribution in [3.63, 3.8) is 0 Å². The molecule has 1 atom stereocenters. The number of aliphatic carboxylic acids is 1. The number of nitro benzene ring substituents is 1. The van der Waals surface area contributed by atoms with Crippen molar-refractivity contribution in [2.24, 2.45) is 5.10 Å². The molecular weight excluding hydrogens is 254 g/mol. The van der Waals surface area contributed by atoms with Crippen LogP contribution in [0.4, 0.5) is 11.4 Å². The summed E-state index contributed by atoms with van der Waals surface area (Å²) < 4.78 is 0. The Labute approximate surface area is 107 Å². The predicted molar refractivity (Wildman–Crippen MR) is 65.9 cm³/mol. The van der Waals surface area contributed by atoms with Gasteiger partial charge in [0.15, 0.2) is 0 Å². The van der Waals surface area contributed by atoms with E-state index in [9.17, 15) is 20.0 Å². The topological polar surface area (TPSA) is 116 Å². The van der Waals surface area contributed by atoms with Crippen molar-refractivity contribution in [1.82, 2.24) is 0 Å². The lowest BCUT2D eigenvalue weighted by molar-refractivity contribution is -0.384. The molecule has 0 spiro atoms. The van der Waals surface area contributed by atoms with Crippen molar-refractivity contribution in [3.8, 4) is 0 Å². The molecule has 0 bridgehead atoms. The number of carbonyl (C=O) groups is 1. The molecule has 100 valence electrons. The van der Waals surface area contributed by atoms with Gasteiger partial charge in [0.05, 0.1) is 10.6 Å². The zero-order valence-corrected chi connectivity index (χ0v) is 9.98. The number of anilines is 1. The third-order valence-corrected chi connectivity index (χ3v) is 2.77. The molecule has 1 aromatic rings. The van der Waals surface area contributed by atoms with E-state index in [0.717, 1.165) is 5.01 Å². The average molecular weight is 265 g/mol. The first-order valence-corrected chi connectivity index (χ1v) is 5.39. The minimum absolute atomic E-state index is 0.123. The average Bonchev–Trinajstić information content (AvgIpc) is 2.66. The highest BCUT2D eigenvalue weighted by molar-refractivity contribution is 5.96. The smallest absolute Gasteiger partial charge is 0.359 e. The fourth-order valence-corrected chi connectivity index (χ4v) is 1.87. The third-order valence-electron chi connectivity index (χ3n) is 2.77. The molecule has 8 heteroatoms. The van der Waals surface area contributed by atoms with Gasteiger partial charge in [-0.05, 0) is 19.1 Å². The lowest BCUT2D eigenvalue weighted by atomic mass is 10.1. The number of hydrazone groups is 1. The molecule has 0 saturated heterocycles. The Morgan fingerprint density at radius 2 is 2.05 bits per heavy atom. The molecule has 1 unspecified atom stereocenters. The molecule has 0 amide bonds. The maximum absolute atomic E-state index is 11.2. The standard InChI is InChI=1S/C11H11N3O5/c1-7-6-11(17,10(15)16)13(12-7)8-2-4-9(5-3-8)14(18)19/h2-5,17H,6H2,1H3,(H,15,16). The van der Waals surface area contributed by atoms with Crippen LogP contribution in [0.25, 0.3) is 0 Å². The van der Waals surface area contributed by atoms with E-state index < -0.39 is 16.6 Å². The van der Waals surface area contributed by atoms with Gasteiger partial charge in [0.2, 0.25) is 0 Å². The van der Waals surface area contributed by atoms with Crippen molar-refractivity contribution < 1.29 is 19.9 Å². The van der Waals surface area contributed by atoms with Gasteiger partial charge in [-0.25, -0.2) is 9.80 Å². The monoisotopic (exact) mass is 265 g/mol. The molecule has 1 aliphatic rings. The Bertz CT molecular complexity index is 568. The molecule has 2 N–H and O–H groups in total. The minimum Gasteiger partial charge on any atom is -0.478 e. The Balaban J connectivity index is 2.39. The van der Waals surface area contributed by atoms with Crippen LogP contribution in [0.15, 0.2) is 29.4 Å². The molecule has 0 saturated carbocycles. The maximum Gasteiger partial charge on any atom is 0.359 e. The number of carboxylic acids is 1. The van der Waals surface area contributed by atoms with Crippen molar-refractivity contribution in [1.29, 1.82) is 0 Å². The first kappa shape index (κ1) is 13.0. The minimum atomic E-state index is -2.15. The van der Waals surface area contributed by atoms with E-state index in [-0.39, 0.29) is 17.8 Å². The summed E-state index contributed by atoms with van der Waals surface area (Å²) in [5, 5.41) is 34.7. The second kappa shape index (κ2) is 4.32. The normalized spacial score (nSPS) is 22.2. The summed E-state index contributed by atoms with van der Waals surface area (Å²) in [5.74, 6) is -1.42. The molecular formula is C11H11N3O5. The maximum atomic E-state index is 11.2. The largest absolute Gasteiger partial charge is 0.478 e. The molecule has 1 heterocycles. The van der Waals surface area contributed by atoms with Gasteiger partial charge in [-0.1, -0.05) is 0 Å². The summed E-state index contributed by atoms with van der Waals surface area (Å²) in [6.45, 7) is 1.60. The van der Waals surface area contributed by atoms with Crippen LogP contribution in [0.2, 0.25) is 0 Å². The highest BCUT2D eigenvalue weighted by Gasteiger charge is 2.47. The van der Waals surface area contributed by atoms with E-state index in [2.05, 4.69) is 5.10 Å². The third kappa shape index (κ3) is 2.13. The zero-order chi connectivity index (χ0) is 14.2. The molecule has 0 aliphatic carbocycles. The van der Waals surface area contributed by atoms with E-state index in [4.69, 9.17) is 5.11 Å². The summed E-state index contributed by atoms with van der Waals surface area (Å²) in [5.41, 5.74) is -1.54. The number of nitrogens with zero attached hydrogens (tertiary/aromatic N) is 3. The number of carboxylic acid groups (broad SMARTS) is 1. The number of benzene rings is 1. The van der Waals surface area contributed by atoms with Crippen LogP contribution in [0.1, 0.15) is 13.3 Å². The highest BCUT2D eigenvalue weighted by atomic mass is 16.6. The van der Waals surface area contributed by atoms with Crippen molar-refractivity contribution in [2.45, 2.75) is 19.1 Å². The predicted octanol–water partition coefficient (Wildman–Crippen LogP) is 0.954. The first-order valence-electron chi connectivity index (χ1n) is 5.39. The van der Waals surface area contributed by atoms with E-state index in [1.54, 1.807) is 6.92 Å². The van der Waals surface area contributed by atoms with E-state index >= 15 is 0 Å². The van der Waals surface area contributed by atoms with Crippen LogP contribution >= 0.6 is 0 Å². The second-order valence-corrected chi connectivity index (χ2v) is 4.22. The number of rotatable bonds is 3. The van der Waals surface area contributed by atoms with Crippen molar-refractivity contribution in [2.75, 3.05) is 5.01 Å². The second-order valence-electron chi connectivity index (χ2n) is 4.22. The van der Waals surface area contributed by atoms with Crippen LogP contribution in [-0.4, -0.2) is 32.5 Å². The van der Waals surface area contributed by atoms with E-state index in [1.807, 2.05) is 0 Å². The van der Waals surface area contributed by atoms with Crippen molar-refractivity contribution >= 4 is 23.1 Å². The van der Waals surface area contributed by atoms with Crippen LogP contribution in [0.3, 0.4) is 0 Å². The van der Waals surface area contributed by atoms with Crippen LogP contribution in [-0.2, 0) is 4.79 Å². The molecule has 0 aromatic heterocycles. The quantitative estimate of drug-likeness (QED) is 0.621. The Hall–Kier alpha value is -2.48.